The van der Waals surface area contributed by atoms with Gasteiger partial charge in [-0.1, -0.05) is 91.6 Å². The van der Waals surface area contributed by atoms with Crippen LogP contribution < -0.4 is 9.62 Å². The predicted molar refractivity (Wildman–Crippen MR) is 158 cm³/mol. The number of nitrogens with zero attached hydrogens (tertiary/aromatic N) is 2. The highest BCUT2D eigenvalue weighted by Gasteiger charge is 2.34. The highest BCUT2D eigenvalue weighted by molar-refractivity contribution is 7.92. The minimum Gasteiger partial charge on any atom is -0.357 e. The molecule has 208 valence electrons. The number of benzene rings is 3. The SMILES string of the molecule is CNC(=O)[C@@H](Cc1ccccc1)N(Cc1c(Cl)cccc1Cl)C(=O)CN(c1ccccc1C(C)C)S(C)(=O)=O. The van der Waals surface area contributed by atoms with Crippen LogP contribution in [0.15, 0.2) is 72.8 Å². The Balaban J connectivity index is 2.11. The van der Waals surface area contributed by atoms with E-state index in [4.69, 9.17) is 23.2 Å². The number of nitrogens with one attached hydrogen (secondary N) is 1. The number of amides is 2. The first-order valence-electron chi connectivity index (χ1n) is 12.5. The number of hydrogen-bond donors (Lipinski definition) is 1. The Hall–Kier alpha value is -3.07. The fraction of sp³-hybridized carbons (Fsp3) is 0.310. The van der Waals surface area contributed by atoms with Crippen molar-refractivity contribution in [2.24, 2.45) is 0 Å². The van der Waals surface area contributed by atoms with E-state index in [1.165, 1.54) is 11.9 Å². The third-order valence-corrected chi connectivity index (χ3v) is 8.25. The second-order valence-corrected chi connectivity index (χ2v) is 12.2. The van der Waals surface area contributed by atoms with E-state index < -0.39 is 34.4 Å². The average molecular weight is 591 g/mol. The van der Waals surface area contributed by atoms with Crippen molar-refractivity contribution >= 4 is 50.7 Å². The maximum absolute atomic E-state index is 14.1. The van der Waals surface area contributed by atoms with Crippen LogP contribution in [0.3, 0.4) is 0 Å². The van der Waals surface area contributed by atoms with Crippen molar-refractivity contribution < 1.29 is 18.0 Å². The van der Waals surface area contributed by atoms with Gasteiger partial charge in [-0.25, -0.2) is 8.42 Å². The van der Waals surface area contributed by atoms with E-state index >= 15 is 0 Å². The number of carbonyl (C=O) groups excluding carboxylic acids is 2. The first-order chi connectivity index (χ1) is 18.4. The van der Waals surface area contributed by atoms with Crippen LogP contribution in [0.25, 0.3) is 0 Å². The summed E-state index contributed by atoms with van der Waals surface area (Å²) in [6, 6.07) is 20.4. The highest BCUT2D eigenvalue weighted by atomic mass is 35.5. The number of likely N-dealkylation sites (N-methyl/N-ethyl adjacent to an activating group) is 1. The van der Waals surface area contributed by atoms with Crippen molar-refractivity contribution in [3.63, 3.8) is 0 Å². The summed E-state index contributed by atoms with van der Waals surface area (Å²) in [5, 5.41) is 3.31. The van der Waals surface area contributed by atoms with Gasteiger partial charge < -0.3 is 10.2 Å². The second kappa shape index (κ2) is 13.3. The van der Waals surface area contributed by atoms with Crippen molar-refractivity contribution in [2.45, 2.75) is 38.8 Å². The van der Waals surface area contributed by atoms with E-state index in [0.717, 1.165) is 21.7 Å². The lowest BCUT2D eigenvalue weighted by Gasteiger charge is -2.34. The Kier molecular flexibility index (Phi) is 10.4. The third-order valence-electron chi connectivity index (χ3n) is 6.41. The molecule has 0 unspecified atom stereocenters. The zero-order valence-corrected chi connectivity index (χ0v) is 24.7. The standard InChI is InChI=1S/C29H33Cl2N3O4S/c1-20(2)22-13-8-9-16-26(22)34(39(4,37)38)19-28(35)33(18-23-24(30)14-10-15-25(23)31)27(29(36)32-3)17-21-11-6-5-7-12-21/h5-16,20,27H,17-19H2,1-4H3,(H,32,36)/t27-/m1/s1. The van der Waals surface area contributed by atoms with E-state index in [1.807, 2.05) is 56.3 Å². The minimum absolute atomic E-state index is 0.00952. The third kappa shape index (κ3) is 7.75. The Morgan fingerprint density at radius 3 is 2.05 bits per heavy atom. The number of carbonyl (C=O) groups is 2. The molecule has 0 aliphatic carbocycles. The first-order valence-corrected chi connectivity index (χ1v) is 15.1. The van der Waals surface area contributed by atoms with Gasteiger partial charge in [-0.15, -0.1) is 0 Å². The Bertz CT molecular complexity index is 1390. The van der Waals surface area contributed by atoms with Crippen LogP contribution in [-0.4, -0.2) is 51.0 Å². The molecular formula is C29H33Cl2N3O4S. The van der Waals surface area contributed by atoms with Gasteiger partial charge in [-0.05, 0) is 35.2 Å². The van der Waals surface area contributed by atoms with Gasteiger partial charge in [0.15, 0.2) is 0 Å². The van der Waals surface area contributed by atoms with Crippen molar-refractivity contribution in [1.82, 2.24) is 10.2 Å². The second-order valence-electron chi connectivity index (χ2n) is 9.52. The van der Waals surface area contributed by atoms with E-state index in [2.05, 4.69) is 5.32 Å². The van der Waals surface area contributed by atoms with Crippen LogP contribution >= 0.6 is 23.2 Å². The lowest BCUT2D eigenvalue weighted by atomic mass is 10.0. The van der Waals surface area contributed by atoms with Crippen molar-refractivity contribution in [3.8, 4) is 0 Å². The molecule has 2 amide bonds. The average Bonchev–Trinajstić information content (AvgIpc) is 2.90. The number of hydrogen-bond acceptors (Lipinski definition) is 4. The van der Waals surface area contributed by atoms with E-state index in [9.17, 15) is 18.0 Å². The Morgan fingerprint density at radius 2 is 1.49 bits per heavy atom. The van der Waals surface area contributed by atoms with Crippen LogP contribution in [0.5, 0.6) is 0 Å². The van der Waals surface area contributed by atoms with Gasteiger partial charge in [0.2, 0.25) is 21.8 Å². The molecule has 39 heavy (non-hydrogen) atoms. The fourth-order valence-electron chi connectivity index (χ4n) is 4.37. The van der Waals surface area contributed by atoms with Gasteiger partial charge >= 0.3 is 0 Å². The van der Waals surface area contributed by atoms with Crippen LogP contribution in [-0.2, 0) is 32.6 Å². The van der Waals surface area contributed by atoms with Gasteiger partial charge in [0, 0.05) is 35.6 Å². The predicted octanol–water partition coefficient (Wildman–Crippen LogP) is 5.27. The highest BCUT2D eigenvalue weighted by Crippen LogP contribution is 2.30. The number of rotatable bonds is 11. The maximum atomic E-state index is 14.1. The van der Waals surface area contributed by atoms with Crippen molar-refractivity contribution in [2.75, 3.05) is 24.2 Å². The van der Waals surface area contributed by atoms with Gasteiger partial charge in [0.05, 0.1) is 11.9 Å². The number of halogens is 2. The molecule has 0 heterocycles. The molecule has 10 heteroatoms. The molecular weight excluding hydrogens is 557 g/mol. The molecule has 0 aliphatic rings. The molecule has 0 fully saturated rings. The van der Waals surface area contributed by atoms with Gasteiger partial charge in [0.1, 0.15) is 12.6 Å². The molecule has 0 aromatic heterocycles. The summed E-state index contributed by atoms with van der Waals surface area (Å²) >= 11 is 12.9. The monoisotopic (exact) mass is 589 g/mol. The largest absolute Gasteiger partial charge is 0.357 e. The molecule has 0 spiro atoms. The first kappa shape index (κ1) is 30.5. The van der Waals surface area contributed by atoms with Crippen molar-refractivity contribution in [3.05, 3.63) is 99.5 Å². The zero-order chi connectivity index (χ0) is 28.7. The number of anilines is 1. The van der Waals surface area contributed by atoms with Crippen LogP contribution in [0.4, 0.5) is 5.69 Å². The summed E-state index contributed by atoms with van der Waals surface area (Å²) in [5.74, 6) is -0.960. The van der Waals surface area contributed by atoms with E-state index in [-0.39, 0.29) is 18.9 Å². The molecule has 0 saturated heterocycles. The fourth-order valence-corrected chi connectivity index (χ4v) is 5.76. The van der Waals surface area contributed by atoms with Crippen LogP contribution in [0, 0.1) is 0 Å². The molecule has 1 N–H and O–H groups in total. The van der Waals surface area contributed by atoms with Gasteiger partial charge in [-0.2, -0.15) is 0 Å². The summed E-state index contributed by atoms with van der Waals surface area (Å²) in [4.78, 5) is 28.7. The van der Waals surface area contributed by atoms with E-state index in [1.54, 1.807) is 30.3 Å². The molecule has 0 radical (unpaired) electrons. The topological polar surface area (TPSA) is 86.8 Å². The number of sulfonamides is 1. The lowest BCUT2D eigenvalue weighted by molar-refractivity contribution is -0.139. The summed E-state index contributed by atoms with van der Waals surface area (Å²) in [6.07, 6.45) is 1.27. The quantitative estimate of drug-likeness (QED) is 0.330. The molecule has 0 aliphatic heterocycles. The molecule has 3 aromatic rings. The zero-order valence-electron chi connectivity index (χ0n) is 22.4. The minimum atomic E-state index is -3.87. The maximum Gasteiger partial charge on any atom is 0.244 e. The lowest BCUT2D eigenvalue weighted by Crippen LogP contribution is -2.53. The van der Waals surface area contributed by atoms with Gasteiger partial charge in [0.25, 0.3) is 0 Å². The molecule has 3 rings (SSSR count). The molecule has 0 saturated carbocycles. The molecule has 1 atom stereocenters. The van der Waals surface area contributed by atoms with Crippen LogP contribution in [0.1, 0.15) is 36.5 Å². The summed E-state index contributed by atoms with van der Waals surface area (Å²) in [6.45, 7) is 3.31. The summed E-state index contributed by atoms with van der Waals surface area (Å²) in [7, 11) is -2.38. The van der Waals surface area contributed by atoms with Crippen LogP contribution in [0.2, 0.25) is 10.0 Å². The molecule has 7 nitrogen and oxygen atoms in total. The smallest absolute Gasteiger partial charge is 0.244 e. The van der Waals surface area contributed by atoms with Crippen molar-refractivity contribution in [1.29, 1.82) is 0 Å². The molecule has 3 aromatic carbocycles. The number of para-hydroxylation sites is 1. The Labute approximate surface area is 240 Å². The summed E-state index contributed by atoms with van der Waals surface area (Å²) < 4.78 is 27.1. The normalized spacial score (nSPS) is 12.2. The Morgan fingerprint density at radius 1 is 0.897 bits per heavy atom. The molecule has 0 bridgehead atoms. The van der Waals surface area contributed by atoms with E-state index in [0.29, 0.717) is 21.3 Å². The summed E-state index contributed by atoms with van der Waals surface area (Å²) in [5.41, 5.74) is 2.49. The van der Waals surface area contributed by atoms with Gasteiger partial charge in [-0.3, -0.25) is 13.9 Å².